The number of nitrogens with two attached hydrogens (primary N) is 1. The summed E-state index contributed by atoms with van der Waals surface area (Å²) in [4.78, 5) is 14.4. The minimum absolute atomic E-state index is 0.0317. The number of carbonyl (C=O) groups excluding carboxylic acids is 1. The van der Waals surface area contributed by atoms with E-state index >= 15 is 0 Å². The molecule has 0 aromatic heterocycles. The Morgan fingerprint density at radius 3 is 2.70 bits per heavy atom. The Morgan fingerprint density at radius 1 is 1.30 bits per heavy atom. The third-order valence-electron chi connectivity index (χ3n) is 4.33. The summed E-state index contributed by atoms with van der Waals surface area (Å²) in [6.45, 7) is 7.14. The van der Waals surface area contributed by atoms with Crippen molar-refractivity contribution < 1.29 is 4.79 Å². The van der Waals surface area contributed by atoms with Crippen LogP contribution in [0.3, 0.4) is 0 Å². The summed E-state index contributed by atoms with van der Waals surface area (Å²) in [6, 6.07) is 6.53. The topological polar surface area (TPSA) is 46.3 Å². The fraction of sp³-hybridized carbons (Fsp3) is 0.588. The fourth-order valence-corrected chi connectivity index (χ4v) is 3.06. The van der Waals surface area contributed by atoms with Gasteiger partial charge in [0.25, 0.3) is 0 Å². The van der Waals surface area contributed by atoms with Gasteiger partial charge in [0.2, 0.25) is 5.91 Å². The van der Waals surface area contributed by atoms with Gasteiger partial charge in [0.05, 0.1) is 6.04 Å². The number of rotatable bonds is 3. The predicted octanol–water partition coefficient (Wildman–Crippen LogP) is 3.09. The van der Waals surface area contributed by atoms with Gasteiger partial charge in [0, 0.05) is 19.0 Å². The van der Waals surface area contributed by atoms with Gasteiger partial charge in [-0.3, -0.25) is 4.79 Å². The minimum Gasteiger partial charge on any atom is -0.334 e. The second-order valence-electron chi connectivity index (χ2n) is 5.93. The highest BCUT2D eigenvalue weighted by atomic mass is 16.2. The molecule has 1 saturated heterocycles. The Balaban J connectivity index is 2.40. The molecule has 2 N–H and O–H groups in total. The Bertz CT molecular complexity index is 484. The van der Waals surface area contributed by atoms with Crippen LogP contribution in [0.25, 0.3) is 0 Å². The molecule has 1 amide bonds. The van der Waals surface area contributed by atoms with Crippen molar-refractivity contribution in [1.82, 2.24) is 4.90 Å². The summed E-state index contributed by atoms with van der Waals surface area (Å²) in [5.74, 6) is 0.253. The molecular formula is C17H26N2O. The second-order valence-corrected chi connectivity index (χ2v) is 5.93. The van der Waals surface area contributed by atoms with Crippen LogP contribution in [0, 0.1) is 13.8 Å². The van der Waals surface area contributed by atoms with Crippen LogP contribution in [0.1, 0.15) is 55.3 Å². The van der Waals surface area contributed by atoms with E-state index in [9.17, 15) is 4.79 Å². The predicted molar refractivity (Wildman–Crippen MR) is 82.5 cm³/mol. The highest BCUT2D eigenvalue weighted by Crippen LogP contribution is 2.31. The first-order valence-electron chi connectivity index (χ1n) is 7.66. The lowest BCUT2D eigenvalue weighted by molar-refractivity contribution is -0.133. The molecular weight excluding hydrogens is 248 g/mol. The molecule has 1 aliphatic rings. The van der Waals surface area contributed by atoms with Crippen LogP contribution in [-0.2, 0) is 4.79 Å². The van der Waals surface area contributed by atoms with E-state index in [0.717, 1.165) is 25.8 Å². The van der Waals surface area contributed by atoms with Crippen LogP contribution in [-0.4, -0.2) is 23.4 Å². The number of nitrogens with zero attached hydrogens (tertiary/aromatic N) is 1. The first kappa shape index (κ1) is 15.0. The average molecular weight is 274 g/mol. The molecule has 3 heteroatoms. The molecule has 0 bridgehead atoms. The normalized spacial score (nSPS) is 23.8. The number of likely N-dealkylation sites (tertiary alicyclic amines) is 1. The van der Waals surface area contributed by atoms with Gasteiger partial charge in [0.15, 0.2) is 0 Å². The van der Waals surface area contributed by atoms with Crippen LogP contribution >= 0.6 is 0 Å². The minimum atomic E-state index is 0.0317. The fourth-order valence-electron chi connectivity index (χ4n) is 3.06. The molecule has 0 radical (unpaired) electrons. The maximum absolute atomic E-state index is 12.4. The second kappa shape index (κ2) is 6.40. The zero-order chi connectivity index (χ0) is 14.7. The molecule has 3 nitrogen and oxygen atoms in total. The summed E-state index contributed by atoms with van der Waals surface area (Å²) in [5.41, 5.74) is 10.1. The highest BCUT2D eigenvalue weighted by Gasteiger charge is 2.32. The maximum atomic E-state index is 12.4. The van der Waals surface area contributed by atoms with Gasteiger partial charge in [-0.2, -0.15) is 0 Å². The first-order chi connectivity index (χ1) is 9.54. The Kier molecular flexibility index (Phi) is 4.81. The average Bonchev–Trinajstić information content (AvgIpc) is 2.54. The van der Waals surface area contributed by atoms with Crippen molar-refractivity contribution in [3.63, 3.8) is 0 Å². The molecule has 1 aromatic carbocycles. The molecule has 1 heterocycles. The van der Waals surface area contributed by atoms with Crippen molar-refractivity contribution in [2.24, 2.45) is 5.73 Å². The lowest BCUT2D eigenvalue weighted by Crippen LogP contribution is -2.42. The lowest BCUT2D eigenvalue weighted by Gasteiger charge is -2.34. The van der Waals surface area contributed by atoms with E-state index < -0.39 is 0 Å². The van der Waals surface area contributed by atoms with Crippen molar-refractivity contribution in [1.29, 1.82) is 0 Å². The van der Waals surface area contributed by atoms with Crippen LogP contribution in [0.15, 0.2) is 18.2 Å². The molecule has 1 aliphatic heterocycles. The highest BCUT2D eigenvalue weighted by molar-refractivity contribution is 5.77. The molecule has 0 aliphatic carbocycles. The van der Waals surface area contributed by atoms with E-state index in [-0.39, 0.29) is 18.0 Å². The SMILES string of the molecule is CCCN1C(=O)CCCC(N)C1c1ccc(C)c(C)c1. The monoisotopic (exact) mass is 274 g/mol. The Morgan fingerprint density at radius 2 is 2.05 bits per heavy atom. The number of aryl methyl sites for hydroxylation is 2. The van der Waals surface area contributed by atoms with Gasteiger partial charge in [-0.05, 0) is 49.8 Å². The largest absolute Gasteiger partial charge is 0.334 e. The third-order valence-corrected chi connectivity index (χ3v) is 4.33. The number of hydrogen-bond donors (Lipinski definition) is 1. The number of amides is 1. The molecule has 20 heavy (non-hydrogen) atoms. The number of carbonyl (C=O) groups is 1. The van der Waals surface area contributed by atoms with Crippen LogP contribution in [0.4, 0.5) is 0 Å². The zero-order valence-electron chi connectivity index (χ0n) is 12.9. The summed E-state index contributed by atoms with van der Waals surface area (Å²) >= 11 is 0. The molecule has 110 valence electrons. The van der Waals surface area contributed by atoms with Crippen molar-refractivity contribution in [3.8, 4) is 0 Å². The molecule has 1 fully saturated rings. The van der Waals surface area contributed by atoms with E-state index in [0.29, 0.717) is 6.42 Å². The van der Waals surface area contributed by atoms with Crippen LogP contribution in [0.5, 0.6) is 0 Å². The maximum Gasteiger partial charge on any atom is 0.223 e. The van der Waals surface area contributed by atoms with Gasteiger partial charge in [-0.1, -0.05) is 25.1 Å². The van der Waals surface area contributed by atoms with Crippen molar-refractivity contribution in [3.05, 3.63) is 34.9 Å². The quantitative estimate of drug-likeness (QED) is 0.920. The van der Waals surface area contributed by atoms with Crippen molar-refractivity contribution in [2.45, 2.75) is 58.5 Å². The molecule has 0 spiro atoms. The Labute approximate surface area is 122 Å². The summed E-state index contributed by atoms with van der Waals surface area (Å²) < 4.78 is 0. The Hall–Kier alpha value is -1.35. The number of hydrogen-bond acceptors (Lipinski definition) is 2. The van der Waals surface area contributed by atoms with Crippen molar-refractivity contribution >= 4 is 5.91 Å². The van der Waals surface area contributed by atoms with E-state index in [1.54, 1.807) is 0 Å². The van der Waals surface area contributed by atoms with Crippen LogP contribution in [0.2, 0.25) is 0 Å². The smallest absolute Gasteiger partial charge is 0.223 e. The van der Waals surface area contributed by atoms with Gasteiger partial charge < -0.3 is 10.6 Å². The summed E-state index contributed by atoms with van der Waals surface area (Å²) in [7, 11) is 0. The molecule has 2 unspecified atom stereocenters. The van der Waals surface area contributed by atoms with Crippen molar-refractivity contribution in [2.75, 3.05) is 6.54 Å². The van der Waals surface area contributed by atoms with Gasteiger partial charge >= 0.3 is 0 Å². The summed E-state index contributed by atoms with van der Waals surface area (Å²) in [6.07, 6.45) is 3.43. The van der Waals surface area contributed by atoms with Gasteiger partial charge in [-0.25, -0.2) is 0 Å². The summed E-state index contributed by atoms with van der Waals surface area (Å²) in [5, 5.41) is 0. The zero-order valence-corrected chi connectivity index (χ0v) is 12.9. The van der Waals surface area contributed by atoms with E-state index in [4.69, 9.17) is 5.73 Å². The van der Waals surface area contributed by atoms with Gasteiger partial charge in [0.1, 0.15) is 0 Å². The first-order valence-corrected chi connectivity index (χ1v) is 7.66. The van der Waals surface area contributed by atoms with E-state index in [1.807, 2.05) is 4.90 Å². The van der Waals surface area contributed by atoms with E-state index in [1.165, 1.54) is 16.7 Å². The standard InChI is InChI=1S/C17H26N2O/c1-4-10-19-16(20)7-5-6-15(18)17(19)14-9-8-12(2)13(3)11-14/h8-9,11,15,17H,4-7,10,18H2,1-3H3. The molecule has 2 rings (SSSR count). The molecule has 2 atom stereocenters. The molecule has 0 saturated carbocycles. The third kappa shape index (κ3) is 3.04. The van der Waals surface area contributed by atoms with Crippen LogP contribution < -0.4 is 5.73 Å². The van der Waals surface area contributed by atoms with E-state index in [2.05, 4.69) is 39.0 Å². The lowest BCUT2D eigenvalue weighted by atomic mass is 9.93. The van der Waals surface area contributed by atoms with Gasteiger partial charge in [-0.15, -0.1) is 0 Å². The number of benzene rings is 1. The molecule has 1 aromatic rings.